The lowest BCUT2D eigenvalue weighted by Crippen LogP contribution is -2.41. The number of nitrogens with zero attached hydrogens (tertiary/aromatic N) is 2. The van der Waals surface area contributed by atoms with Gasteiger partial charge in [0, 0.05) is 11.1 Å². The maximum atomic E-state index is 13.6. The van der Waals surface area contributed by atoms with Crippen LogP contribution in [-0.4, -0.2) is 28.7 Å². The largest absolute Gasteiger partial charge is 0.460 e. The minimum atomic E-state index is -1.85. The Hall–Kier alpha value is -2.97. The van der Waals surface area contributed by atoms with Crippen LogP contribution in [0, 0.1) is 0 Å². The fourth-order valence-corrected chi connectivity index (χ4v) is 7.26. The second-order valence-electron chi connectivity index (χ2n) is 9.88. The number of carbonyl (C=O) groups is 1. The molecular weight excluding hydrogens is 422 g/mol. The number of hydrogen-bond acceptors (Lipinski definition) is 6. The zero-order valence-electron chi connectivity index (χ0n) is 18.8. The number of esters is 1. The molecule has 7 nitrogen and oxygen atoms in total. The number of rotatable bonds is 2. The summed E-state index contributed by atoms with van der Waals surface area (Å²) in [5.41, 5.74) is 9.30. The van der Waals surface area contributed by atoms with Crippen LogP contribution in [-0.2, 0) is 28.3 Å². The Morgan fingerprint density at radius 3 is 2.66 bits per heavy atom. The van der Waals surface area contributed by atoms with Crippen LogP contribution < -0.4 is 16.5 Å². The van der Waals surface area contributed by atoms with Crippen molar-refractivity contribution in [2.24, 2.45) is 0 Å². The lowest BCUT2D eigenvalue weighted by Gasteiger charge is -2.26. The first-order chi connectivity index (χ1) is 15.0. The van der Waals surface area contributed by atoms with Gasteiger partial charge in [-0.15, -0.1) is 0 Å². The van der Waals surface area contributed by atoms with Crippen molar-refractivity contribution >= 4 is 35.8 Å². The van der Waals surface area contributed by atoms with Gasteiger partial charge in [0.1, 0.15) is 12.2 Å². The first kappa shape index (κ1) is 20.9. The molecule has 0 fully saturated rings. The number of anilines is 1. The molecule has 2 aliphatic rings. The van der Waals surface area contributed by atoms with Crippen LogP contribution in [0.4, 0.5) is 5.69 Å². The molecule has 32 heavy (non-hydrogen) atoms. The average molecular weight is 450 g/mol. The van der Waals surface area contributed by atoms with Gasteiger partial charge >= 0.3 is 5.97 Å². The van der Waals surface area contributed by atoms with Crippen LogP contribution in [0.5, 0.6) is 0 Å². The maximum Gasteiger partial charge on any atom is 0.309 e. The van der Waals surface area contributed by atoms with E-state index in [4.69, 9.17) is 15.5 Å². The molecule has 2 aliphatic heterocycles. The van der Waals surface area contributed by atoms with E-state index in [0.29, 0.717) is 35.5 Å². The minimum Gasteiger partial charge on any atom is -0.460 e. The Labute approximate surface area is 186 Å². The molecule has 2 aromatic heterocycles. The van der Waals surface area contributed by atoms with E-state index < -0.39 is 19.6 Å². The number of cyclic esters (lactones) is 1. The number of benzene rings is 1. The van der Waals surface area contributed by atoms with Crippen molar-refractivity contribution in [2.75, 3.05) is 5.73 Å². The lowest BCUT2D eigenvalue weighted by molar-refractivity contribution is -0.149. The molecular formula is C24H27N3O4Si. The van der Waals surface area contributed by atoms with Gasteiger partial charge in [-0.1, -0.05) is 26.6 Å². The molecule has 1 aromatic carbocycles. The summed E-state index contributed by atoms with van der Waals surface area (Å²) >= 11 is 0. The smallest absolute Gasteiger partial charge is 0.309 e. The van der Waals surface area contributed by atoms with Crippen LogP contribution in [0.1, 0.15) is 36.5 Å². The average Bonchev–Trinajstić information content (AvgIpc) is 3.01. The van der Waals surface area contributed by atoms with Gasteiger partial charge in [0.25, 0.3) is 5.56 Å². The molecule has 5 rings (SSSR count). The Morgan fingerprint density at radius 1 is 1.22 bits per heavy atom. The Balaban J connectivity index is 1.85. The molecule has 1 atom stereocenters. The second-order valence-corrected chi connectivity index (χ2v) is 14.9. The normalized spacial score (nSPS) is 19.8. The Morgan fingerprint density at radius 2 is 1.97 bits per heavy atom. The number of aromatic nitrogens is 2. The highest BCUT2D eigenvalue weighted by atomic mass is 28.3. The van der Waals surface area contributed by atoms with Gasteiger partial charge in [0.2, 0.25) is 0 Å². The minimum absolute atomic E-state index is 0.126. The number of fused-ring (bicyclic) bond motifs is 5. The molecule has 0 aliphatic carbocycles. The van der Waals surface area contributed by atoms with E-state index in [1.54, 1.807) is 11.5 Å². The number of nitrogen functional groups attached to an aromatic ring is 1. The van der Waals surface area contributed by atoms with E-state index >= 15 is 0 Å². The number of pyridine rings is 2. The lowest BCUT2D eigenvalue weighted by atomic mass is 9.85. The number of nitrogens with two attached hydrogens (primary N) is 1. The van der Waals surface area contributed by atoms with Crippen LogP contribution in [0.25, 0.3) is 22.3 Å². The highest BCUT2D eigenvalue weighted by Gasteiger charge is 2.40. The summed E-state index contributed by atoms with van der Waals surface area (Å²) in [6, 6.07) is 7.59. The highest BCUT2D eigenvalue weighted by molar-refractivity contribution is 6.90. The van der Waals surface area contributed by atoms with Crippen molar-refractivity contribution in [3.63, 3.8) is 0 Å². The molecule has 3 N–H and O–H groups in total. The Bertz CT molecular complexity index is 1370. The first-order valence-electron chi connectivity index (χ1n) is 10.9. The van der Waals surface area contributed by atoms with Crippen molar-refractivity contribution in [3.8, 4) is 11.4 Å². The summed E-state index contributed by atoms with van der Waals surface area (Å²) in [5, 5.41) is 13.6. The monoisotopic (exact) mass is 449 g/mol. The zero-order chi connectivity index (χ0) is 23.0. The third-order valence-electron chi connectivity index (χ3n) is 6.72. The van der Waals surface area contributed by atoms with Crippen molar-refractivity contribution in [1.29, 1.82) is 0 Å². The van der Waals surface area contributed by atoms with E-state index in [1.807, 2.05) is 24.3 Å². The molecule has 0 radical (unpaired) electrons. The molecule has 8 heteroatoms. The van der Waals surface area contributed by atoms with Gasteiger partial charge in [-0.05, 0) is 47.0 Å². The van der Waals surface area contributed by atoms with Gasteiger partial charge in [-0.25, -0.2) is 4.98 Å². The molecule has 0 bridgehead atoms. The maximum absolute atomic E-state index is 13.6. The van der Waals surface area contributed by atoms with Crippen LogP contribution in [0.15, 0.2) is 29.1 Å². The standard InChI is InChI=1S/C24H27N3O4Si/c1-5-24(30)10-20(28)31-12-16-17(24)9-19-21-15(11-27(19)23(16)29)22(32(2,3)4)14-8-13(25)6-7-18(14)26-21/h6-9,30H,5,10-12,25H2,1-4H3/t24-/m1/s1. The van der Waals surface area contributed by atoms with E-state index in [0.717, 1.165) is 22.2 Å². The van der Waals surface area contributed by atoms with Crippen molar-refractivity contribution in [2.45, 2.75) is 58.2 Å². The number of carbonyl (C=O) groups excluding carboxylic acids is 1. The van der Waals surface area contributed by atoms with Crippen LogP contribution in [0.3, 0.4) is 0 Å². The van der Waals surface area contributed by atoms with E-state index in [9.17, 15) is 14.7 Å². The number of ether oxygens (including phenoxy) is 1. The quantitative estimate of drug-likeness (QED) is 0.277. The van der Waals surface area contributed by atoms with E-state index in [2.05, 4.69) is 19.6 Å². The predicted molar refractivity (Wildman–Crippen MR) is 127 cm³/mol. The van der Waals surface area contributed by atoms with Gasteiger partial charge < -0.3 is 20.1 Å². The predicted octanol–water partition coefficient (Wildman–Crippen LogP) is 2.60. The second kappa shape index (κ2) is 6.76. The summed E-state index contributed by atoms with van der Waals surface area (Å²) in [6.07, 6.45) is 0.131. The van der Waals surface area contributed by atoms with Gasteiger partial charge in [-0.2, -0.15) is 0 Å². The summed E-state index contributed by atoms with van der Waals surface area (Å²) in [6.45, 7) is 8.93. The molecule has 166 valence electrons. The topological polar surface area (TPSA) is 107 Å². The van der Waals surface area contributed by atoms with Crippen molar-refractivity contribution < 1.29 is 14.6 Å². The molecule has 0 amide bonds. The van der Waals surface area contributed by atoms with Gasteiger partial charge in [0.05, 0.1) is 43.5 Å². The van der Waals surface area contributed by atoms with Gasteiger partial charge in [-0.3, -0.25) is 9.59 Å². The molecule has 0 spiro atoms. The van der Waals surface area contributed by atoms with Crippen molar-refractivity contribution in [1.82, 2.24) is 9.55 Å². The Kier molecular flexibility index (Phi) is 4.42. The summed E-state index contributed by atoms with van der Waals surface area (Å²) in [7, 11) is -1.85. The van der Waals surface area contributed by atoms with Gasteiger partial charge in [0.15, 0.2) is 0 Å². The fraction of sp³-hybridized carbons (Fsp3) is 0.375. The number of aliphatic hydroxyl groups is 1. The van der Waals surface area contributed by atoms with Crippen LogP contribution in [0.2, 0.25) is 19.6 Å². The third-order valence-corrected chi connectivity index (χ3v) is 8.79. The summed E-state index contributed by atoms with van der Waals surface area (Å²) in [5.74, 6) is -0.502. The zero-order valence-corrected chi connectivity index (χ0v) is 19.8. The fourth-order valence-electron chi connectivity index (χ4n) is 5.15. The summed E-state index contributed by atoms with van der Waals surface area (Å²) < 4.78 is 6.97. The van der Waals surface area contributed by atoms with E-state index in [1.165, 1.54) is 5.19 Å². The van der Waals surface area contributed by atoms with Crippen LogP contribution >= 0.6 is 0 Å². The number of hydrogen-bond donors (Lipinski definition) is 2. The molecule has 0 saturated heterocycles. The molecule has 0 unspecified atom stereocenters. The third kappa shape index (κ3) is 2.93. The van der Waals surface area contributed by atoms with Crippen molar-refractivity contribution in [3.05, 3.63) is 51.3 Å². The first-order valence-corrected chi connectivity index (χ1v) is 14.4. The molecule has 3 aromatic rings. The molecule has 4 heterocycles. The van der Waals surface area contributed by atoms with E-state index in [-0.39, 0.29) is 18.6 Å². The highest BCUT2D eigenvalue weighted by Crippen LogP contribution is 2.39. The SMILES string of the molecule is CC[C@@]1(O)CC(=O)OCc2c1cc1n(c2=O)Cc2c-1nc1ccc(N)cc1c2[Si](C)(C)C. The summed E-state index contributed by atoms with van der Waals surface area (Å²) in [4.78, 5) is 30.6. The molecule has 0 saturated carbocycles.